The molecule has 1 aliphatic heterocycles. The molecule has 0 aliphatic carbocycles. The second-order valence-electron chi connectivity index (χ2n) is 6.67. The van der Waals surface area contributed by atoms with Crippen LogP contribution >= 0.6 is 0 Å². The molecule has 4 bridgehead atoms. The summed E-state index contributed by atoms with van der Waals surface area (Å²) in [7, 11) is 0. The molecule has 4 rings (SSSR count). The van der Waals surface area contributed by atoms with Gasteiger partial charge in [0.05, 0.1) is 22.4 Å². The number of hydrogen-bond acceptors (Lipinski definition) is 6. The lowest BCUT2D eigenvalue weighted by molar-refractivity contribution is 0.563. The zero-order valence-corrected chi connectivity index (χ0v) is 15.0. The summed E-state index contributed by atoms with van der Waals surface area (Å²) in [6.07, 6.45) is 0. The van der Waals surface area contributed by atoms with Crippen LogP contribution in [0.5, 0.6) is 0 Å². The van der Waals surface area contributed by atoms with Crippen LogP contribution in [-0.2, 0) is 13.1 Å². The summed E-state index contributed by atoms with van der Waals surface area (Å²) in [4.78, 5) is 9.79. The van der Waals surface area contributed by atoms with Gasteiger partial charge < -0.3 is 21.3 Å². The zero-order chi connectivity index (χ0) is 17.6. The van der Waals surface area contributed by atoms with E-state index in [0.29, 0.717) is 0 Å². The summed E-state index contributed by atoms with van der Waals surface area (Å²) >= 11 is 0. The fourth-order valence-electron chi connectivity index (χ4n) is 3.26. The van der Waals surface area contributed by atoms with Crippen LogP contribution in [0.4, 0.5) is 0 Å². The van der Waals surface area contributed by atoms with Gasteiger partial charge in [0.25, 0.3) is 0 Å². The van der Waals surface area contributed by atoms with Crippen molar-refractivity contribution in [1.82, 2.24) is 31.2 Å². The molecule has 1 aliphatic rings. The van der Waals surface area contributed by atoms with Crippen molar-refractivity contribution < 1.29 is 0 Å². The number of aromatic nitrogens is 2. The molecular formula is C20H26N6. The third kappa shape index (κ3) is 4.16. The minimum Gasteiger partial charge on any atom is -0.314 e. The monoisotopic (exact) mass is 350 g/mol. The van der Waals surface area contributed by atoms with Gasteiger partial charge in [0.15, 0.2) is 0 Å². The average molecular weight is 350 g/mol. The van der Waals surface area contributed by atoms with Crippen molar-refractivity contribution in [1.29, 1.82) is 0 Å². The summed E-state index contributed by atoms with van der Waals surface area (Å²) in [6, 6.07) is 12.7. The van der Waals surface area contributed by atoms with Gasteiger partial charge in [0.1, 0.15) is 0 Å². The van der Waals surface area contributed by atoms with Gasteiger partial charge in [-0.2, -0.15) is 0 Å². The van der Waals surface area contributed by atoms with Gasteiger partial charge in [0, 0.05) is 63.1 Å². The molecule has 0 saturated carbocycles. The van der Waals surface area contributed by atoms with Gasteiger partial charge in [-0.1, -0.05) is 24.3 Å². The second kappa shape index (κ2) is 8.51. The van der Waals surface area contributed by atoms with Crippen molar-refractivity contribution >= 4 is 21.8 Å². The molecule has 0 radical (unpaired) electrons. The molecule has 1 aromatic carbocycles. The minimum absolute atomic E-state index is 0.771. The molecule has 6 heteroatoms. The molecule has 4 N–H and O–H groups in total. The Labute approximate surface area is 153 Å². The van der Waals surface area contributed by atoms with Gasteiger partial charge in [0.2, 0.25) is 0 Å². The maximum Gasteiger partial charge on any atom is 0.0968 e. The standard InChI is InChI=1S/C20H26N6/c1-2-16-4-6-18-14-24-12-10-22-8-7-21-9-11-23-13-17-5-3-15(1)19(25-17)20(16)26-18/h1-6,21-24H,7-14H2. The van der Waals surface area contributed by atoms with Crippen LogP contribution in [-0.4, -0.2) is 49.2 Å². The summed E-state index contributed by atoms with van der Waals surface area (Å²) < 4.78 is 0. The molecule has 136 valence electrons. The van der Waals surface area contributed by atoms with Gasteiger partial charge >= 0.3 is 0 Å². The van der Waals surface area contributed by atoms with Crippen LogP contribution in [0.3, 0.4) is 0 Å². The number of rotatable bonds is 0. The first-order valence-electron chi connectivity index (χ1n) is 9.41. The van der Waals surface area contributed by atoms with Crippen LogP contribution < -0.4 is 21.3 Å². The Kier molecular flexibility index (Phi) is 5.66. The van der Waals surface area contributed by atoms with E-state index in [1.165, 1.54) is 0 Å². The fourth-order valence-corrected chi connectivity index (χ4v) is 3.26. The number of pyridine rings is 2. The lowest BCUT2D eigenvalue weighted by Crippen LogP contribution is -2.35. The molecule has 3 aromatic rings. The van der Waals surface area contributed by atoms with E-state index < -0.39 is 0 Å². The predicted octanol–water partition coefficient (Wildman–Crippen LogP) is 1.15. The minimum atomic E-state index is 0.771. The molecule has 0 fully saturated rings. The largest absolute Gasteiger partial charge is 0.314 e. The van der Waals surface area contributed by atoms with Crippen LogP contribution in [0, 0.1) is 0 Å². The van der Waals surface area contributed by atoms with E-state index in [4.69, 9.17) is 9.97 Å². The van der Waals surface area contributed by atoms with Crippen LogP contribution in [0.25, 0.3) is 21.8 Å². The van der Waals surface area contributed by atoms with Crippen molar-refractivity contribution in [2.24, 2.45) is 0 Å². The molecule has 0 spiro atoms. The molecule has 0 amide bonds. The number of nitrogens with zero attached hydrogens (tertiary/aromatic N) is 2. The number of benzene rings is 1. The highest BCUT2D eigenvalue weighted by atomic mass is 15.0. The smallest absolute Gasteiger partial charge is 0.0968 e. The van der Waals surface area contributed by atoms with E-state index in [0.717, 1.165) is 85.6 Å². The molecule has 0 saturated heterocycles. The van der Waals surface area contributed by atoms with E-state index in [1.54, 1.807) is 0 Å². The van der Waals surface area contributed by atoms with Crippen LogP contribution in [0.2, 0.25) is 0 Å². The Balaban J connectivity index is 1.66. The SMILES string of the molecule is c1cc2ccc3ccc4nc3c2nc1CNCCNCCNCCNC4. The number of hydrogen-bond donors (Lipinski definition) is 4. The second-order valence-corrected chi connectivity index (χ2v) is 6.67. The number of fused-ring (bicyclic) bond motifs is 2. The molecular weight excluding hydrogens is 324 g/mol. The first kappa shape index (κ1) is 17.3. The molecule has 0 atom stereocenters. The Bertz CT molecular complexity index is 806. The van der Waals surface area contributed by atoms with Crippen molar-refractivity contribution in [3.05, 3.63) is 47.8 Å². The van der Waals surface area contributed by atoms with Gasteiger partial charge in [-0.15, -0.1) is 0 Å². The summed E-state index contributed by atoms with van der Waals surface area (Å²) in [5, 5.41) is 16.1. The number of nitrogens with one attached hydrogen (secondary N) is 4. The summed E-state index contributed by atoms with van der Waals surface area (Å²) in [5.74, 6) is 0. The first-order chi connectivity index (χ1) is 12.9. The van der Waals surface area contributed by atoms with Crippen LogP contribution in [0.1, 0.15) is 11.4 Å². The third-order valence-electron chi connectivity index (χ3n) is 4.68. The lowest BCUT2D eigenvalue weighted by atomic mass is 10.1. The van der Waals surface area contributed by atoms with Crippen molar-refractivity contribution in [2.75, 3.05) is 39.3 Å². The van der Waals surface area contributed by atoms with E-state index >= 15 is 0 Å². The van der Waals surface area contributed by atoms with E-state index in [9.17, 15) is 0 Å². The summed E-state index contributed by atoms with van der Waals surface area (Å²) in [6.45, 7) is 7.29. The first-order valence-corrected chi connectivity index (χ1v) is 9.41. The van der Waals surface area contributed by atoms with Crippen molar-refractivity contribution in [3.8, 4) is 0 Å². The third-order valence-corrected chi connectivity index (χ3v) is 4.68. The van der Waals surface area contributed by atoms with E-state index in [-0.39, 0.29) is 0 Å². The topological polar surface area (TPSA) is 73.9 Å². The highest BCUT2D eigenvalue weighted by Crippen LogP contribution is 2.23. The van der Waals surface area contributed by atoms with E-state index in [2.05, 4.69) is 57.7 Å². The molecule has 0 unspecified atom stereocenters. The Morgan fingerprint density at radius 1 is 0.500 bits per heavy atom. The highest BCUT2D eigenvalue weighted by molar-refractivity contribution is 6.02. The Morgan fingerprint density at radius 2 is 0.885 bits per heavy atom. The van der Waals surface area contributed by atoms with Crippen molar-refractivity contribution in [3.63, 3.8) is 0 Å². The van der Waals surface area contributed by atoms with Gasteiger partial charge in [-0.05, 0) is 12.1 Å². The lowest BCUT2D eigenvalue weighted by Gasteiger charge is -2.11. The van der Waals surface area contributed by atoms with Crippen molar-refractivity contribution in [2.45, 2.75) is 13.1 Å². The predicted molar refractivity (Wildman–Crippen MR) is 106 cm³/mol. The summed E-state index contributed by atoms with van der Waals surface area (Å²) in [5.41, 5.74) is 4.09. The maximum absolute atomic E-state index is 4.89. The Hall–Kier alpha value is -2.12. The van der Waals surface area contributed by atoms with Crippen LogP contribution in [0.15, 0.2) is 36.4 Å². The van der Waals surface area contributed by atoms with Gasteiger partial charge in [-0.25, -0.2) is 9.97 Å². The quantitative estimate of drug-likeness (QED) is 0.456. The molecule has 26 heavy (non-hydrogen) atoms. The van der Waals surface area contributed by atoms with Gasteiger partial charge in [-0.3, -0.25) is 0 Å². The maximum atomic E-state index is 4.89. The zero-order valence-electron chi connectivity index (χ0n) is 15.0. The molecule has 2 aromatic heterocycles. The Morgan fingerprint density at radius 3 is 1.35 bits per heavy atom. The average Bonchev–Trinajstić information content (AvgIpc) is 2.68. The van der Waals surface area contributed by atoms with E-state index in [1.807, 2.05) is 0 Å². The molecule has 6 nitrogen and oxygen atoms in total. The fraction of sp³-hybridized carbons (Fsp3) is 0.400. The normalized spacial score (nSPS) is 17.7. The molecule has 3 heterocycles. The highest BCUT2D eigenvalue weighted by Gasteiger charge is 2.07.